The van der Waals surface area contributed by atoms with Gasteiger partial charge in [-0.1, -0.05) is 43.3 Å². The van der Waals surface area contributed by atoms with Crippen molar-refractivity contribution in [3.05, 3.63) is 59.7 Å². The highest BCUT2D eigenvalue weighted by molar-refractivity contribution is 5.77. The van der Waals surface area contributed by atoms with Crippen molar-refractivity contribution in [1.82, 2.24) is 4.90 Å². The number of nitrogens with zero attached hydrogens (tertiary/aromatic N) is 1. The first-order valence-corrected chi connectivity index (χ1v) is 7.71. The fourth-order valence-electron chi connectivity index (χ4n) is 2.23. The van der Waals surface area contributed by atoms with Crippen LogP contribution in [-0.2, 0) is 17.8 Å². The van der Waals surface area contributed by atoms with Crippen molar-refractivity contribution in [3.63, 3.8) is 0 Å². The molecule has 0 saturated heterocycles. The molecule has 122 valence electrons. The van der Waals surface area contributed by atoms with Crippen LogP contribution in [0.1, 0.15) is 18.1 Å². The molecule has 0 heterocycles. The number of hydrogen-bond donors (Lipinski definition) is 0. The molecular formula is C19H23NO3. The molecule has 0 fully saturated rings. The number of amides is 1. The van der Waals surface area contributed by atoms with E-state index in [4.69, 9.17) is 9.47 Å². The number of likely N-dealkylation sites (N-methyl/N-ethyl adjacent to an activating group) is 1. The zero-order valence-electron chi connectivity index (χ0n) is 13.9. The Kier molecular flexibility index (Phi) is 6.03. The van der Waals surface area contributed by atoms with Gasteiger partial charge in [0.1, 0.15) is 0 Å². The number of methoxy groups -OCH3 is 1. The Morgan fingerprint density at radius 2 is 1.61 bits per heavy atom. The van der Waals surface area contributed by atoms with E-state index in [1.54, 1.807) is 31.2 Å². The lowest BCUT2D eigenvalue weighted by Crippen LogP contribution is -2.31. The molecule has 0 radical (unpaired) electrons. The summed E-state index contributed by atoms with van der Waals surface area (Å²) in [6.07, 6.45) is 1.02. The van der Waals surface area contributed by atoms with Gasteiger partial charge in [0.25, 0.3) is 5.91 Å². The molecule has 4 nitrogen and oxygen atoms in total. The van der Waals surface area contributed by atoms with Crippen molar-refractivity contribution < 1.29 is 14.3 Å². The number of hydrogen-bond acceptors (Lipinski definition) is 3. The zero-order valence-corrected chi connectivity index (χ0v) is 13.9. The Hall–Kier alpha value is -2.49. The third kappa shape index (κ3) is 4.74. The fraction of sp³-hybridized carbons (Fsp3) is 0.316. The number of carbonyl (C=O) groups is 1. The van der Waals surface area contributed by atoms with E-state index < -0.39 is 0 Å². The Balaban J connectivity index is 1.89. The number of para-hydroxylation sites is 2. The molecule has 4 heteroatoms. The number of ether oxygens (including phenoxy) is 2. The minimum atomic E-state index is -0.0736. The molecule has 23 heavy (non-hydrogen) atoms. The van der Waals surface area contributed by atoms with E-state index in [1.165, 1.54) is 5.56 Å². The molecule has 0 saturated carbocycles. The third-order valence-electron chi connectivity index (χ3n) is 3.70. The summed E-state index contributed by atoms with van der Waals surface area (Å²) in [6, 6.07) is 15.6. The third-order valence-corrected chi connectivity index (χ3v) is 3.70. The number of benzene rings is 2. The van der Waals surface area contributed by atoms with Gasteiger partial charge < -0.3 is 14.4 Å². The van der Waals surface area contributed by atoms with Crippen molar-refractivity contribution in [3.8, 4) is 11.5 Å². The van der Waals surface area contributed by atoms with Crippen LogP contribution < -0.4 is 9.47 Å². The molecule has 0 bridgehead atoms. The molecule has 1 amide bonds. The van der Waals surface area contributed by atoms with Crippen LogP contribution in [0.3, 0.4) is 0 Å². The van der Waals surface area contributed by atoms with Crippen LogP contribution in [0.4, 0.5) is 0 Å². The van der Waals surface area contributed by atoms with E-state index >= 15 is 0 Å². The van der Waals surface area contributed by atoms with Gasteiger partial charge >= 0.3 is 0 Å². The first kappa shape index (κ1) is 16.9. The standard InChI is InChI=1S/C19H23NO3/c1-4-15-9-11-16(12-10-15)13-20(2)19(21)14-23-18-8-6-5-7-17(18)22-3/h5-12H,4,13-14H2,1-3H3. The quantitative estimate of drug-likeness (QED) is 0.787. The molecule has 0 atom stereocenters. The maximum atomic E-state index is 12.2. The summed E-state index contributed by atoms with van der Waals surface area (Å²) in [6.45, 7) is 2.68. The number of carbonyl (C=O) groups excluding carboxylic acids is 1. The Bertz CT molecular complexity index is 637. The highest BCUT2D eigenvalue weighted by Crippen LogP contribution is 2.25. The van der Waals surface area contributed by atoms with Crippen LogP contribution in [0.5, 0.6) is 11.5 Å². The summed E-state index contributed by atoms with van der Waals surface area (Å²) in [4.78, 5) is 13.9. The summed E-state index contributed by atoms with van der Waals surface area (Å²) in [5.41, 5.74) is 2.40. The average molecular weight is 313 g/mol. The normalized spacial score (nSPS) is 10.2. The van der Waals surface area contributed by atoms with Gasteiger partial charge in [-0.2, -0.15) is 0 Å². The first-order valence-electron chi connectivity index (χ1n) is 7.71. The summed E-state index contributed by atoms with van der Waals surface area (Å²) >= 11 is 0. The molecular weight excluding hydrogens is 290 g/mol. The predicted octanol–water partition coefficient (Wildman–Crippen LogP) is 3.30. The Morgan fingerprint density at radius 3 is 2.22 bits per heavy atom. The summed E-state index contributed by atoms with van der Waals surface area (Å²) < 4.78 is 10.8. The number of rotatable bonds is 7. The van der Waals surface area contributed by atoms with Gasteiger partial charge in [-0.3, -0.25) is 4.79 Å². The van der Waals surface area contributed by atoms with Crippen molar-refractivity contribution in [1.29, 1.82) is 0 Å². The molecule has 0 aliphatic carbocycles. The molecule has 0 spiro atoms. The van der Waals surface area contributed by atoms with Gasteiger partial charge in [0, 0.05) is 13.6 Å². The van der Waals surface area contributed by atoms with Crippen LogP contribution in [0.2, 0.25) is 0 Å². The Labute approximate surface area is 137 Å². The molecule has 0 unspecified atom stereocenters. The summed E-state index contributed by atoms with van der Waals surface area (Å²) in [5, 5.41) is 0. The van der Waals surface area contributed by atoms with Gasteiger partial charge in [-0.05, 0) is 29.7 Å². The second kappa shape index (κ2) is 8.22. The summed E-state index contributed by atoms with van der Waals surface area (Å²) in [7, 11) is 3.36. The van der Waals surface area contributed by atoms with E-state index in [1.807, 2.05) is 12.1 Å². The predicted molar refractivity (Wildman–Crippen MR) is 90.8 cm³/mol. The van der Waals surface area contributed by atoms with Crippen molar-refractivity contribution in [2.45, 2.75) is 19.9 Å². The van der Waals surface area contributed by atoms with Gasteiger partial charge in [-0.15, -0.1) is 0 Å². The molecule has 0 aliphatic rings. The van der Waals surface area contributed by atoms with E-state index in [2.05, 4.69) is 31.2 Å². The lowest BCUT2D eigenvalue weighted by Gasteiger charge is -2.18. The van der Waals surface area contributed by atoms with Crippen LogP contribution in [0, 0.1) is 0 Å². The van der Waals surface area contributed by atoms with Crippen molar-refractivity contribution >= 4 is 5.91 Å². The molecule has 0 N–H and O–H groups in total. The minimum Gasteiger partial charge on any atom is -0.493 e. The minimum absolute atomic E-state index is 0.0100. The van der Waals surface area contributed by atoms with E-state index in [0.717, 1.165) is 12.0 Å². The second-order valence-electron chi connectivity index (χ2n) is 5.36. The zero-order chi connectivity index (χ0) is 16.7. The smallest absolute Gasteiger partial charge is 0.260 e. The Morgan fingerprint density at radius 1 is 1.00 bits per heavy atom. The van der Waals surface area contributed by atoms with E-state index in [0.29, 0.717) is 18.0 Å². The van der Waals surface area contributed by atoms with E-state index in [9.17, 15) is 4.79 Å². The lowest BCUT2D eigenvalue weighted by molar-refractivity contribution is -0.132. The van der Waals surface area contributed by atoms with Gasteiger partial charge in [0.05, 0.1) is 7.11 Å². The SMILES string of the molecule is CCc1ccc(CN(C)C(=O)COc2ccccc2OC)cc1. The highest BCUT2D eigenvalue weighted by Gasteiger charge is 2.12. The van der Waals surface area contributed by atoms with Crippen molar-refractivity contribution in [2.24, 2.45) is 0 Å². The average Bonchev–Trinajstić information content (AvgIpc) is 2.60. The monoisotopic (exact) mass is 313 g/mol. The maximum Gasteiger partial charge on any atom is 0.260 e. The number of aryl methyl sites for hydroxylation is 1. The van der Waals surface area contributed by atoms with Crippen LogP contribution in [-0.4, -0.2) is 31.6 Å². The van der Waals surface area contributed by atoms with Crippen LogP contribution in [0.15, 0.2) is 48.5 Å². The molecule has 0 aliphatic heterocycles. The fourth-order valence-corrected chi connectivity index (χ4v) is 2.23. The topological polar surface area (TPSA) is 38.8 Å². The van der Waals surface area contributed by atoms with Crippen molar-refractivity contribution in [2.75, 3.05) is 20.8 Å². The van der Waals surface area contributed by atoms with Gasteiger partial charge in [0.2, 0.25) is 0 Å². The van der Waals surface area contributed by atoms with Gasteiger partial charge in [-0.25, -0.2) is 0 Å². The molecule has 0 aromatic heterocycles. The highest BCUT2D eigenvalue weighted by atomic mass is 16.5. The molecule has 2 rings (SSSR count). The summed E-state index contributed by atoms with van der Waals surface area (Å²) in [5.74, 6) is 1.12. The maximum absolute atomic E-state index is 12.2. The lowest BCUT2D eigenvalue weighted by atomic mass is 10.1. The van der Waals surface area contributed by atoms with Crippen LogP contribution >= 0.6 is 0 Å². The second-order valence-corrected chi connectivity index (χ2v) is 5.36. The van der Waals surface area contributed by atoms with E-state index in [-0.39, 0.29) is 12.5 Å². The van der Waals surface area contributed by atoms with Gasteiger partial charge in [0.15, 0.2) is 18.1 Å². The van der Waals surface area contributed by atoms with Crippen LogP contribution in [0.25, 0.3) is 0 Å². The first-order chi connectivity index (χ1) is 11.1. The largest absolute Gasteiger partial charge is 0.493 e. The molecule has 2 aromatic carbocycles. The molecule has 2 aromatic rings.